The molecule has 4 nitrogen and oxygen atoms in total. The molecule has 0 saturated heterocycles. The van der Waals surface area contributed by atoms with E-state index in [9.17, 15) is 5.11 Å². The molecule has 17 heavy (non-hydrogen) atoms. The molecule has 1 heterocycles. The van der Waals surface area contributed by atoms with Crippen molar-refractivity contribution in [3.05, 3.63) is 23.7 Å². The van der Waals surface area contributed by atoms with Crippen LogP contribution >= 0.6 is 11.8 Å². The Hall–Kier alpha value is -0.490. The van der Waals surface area contributed by atoms with Gasteiger partial charge in [-0.15, -0.1) is 0 Å². The monoisotopic (exact) mass is 259 g/mol. The van der Waals surface area contributed by atoms with Crippen molar-refractivity contribution in [2.45, 2.75) is 24.8 Å². The summed E-state index contributed by atoms with van der Waals surface area (Å²) in [4.78, 5) is 0. The lowest BCUT2D eigenvalue weighted by molar-refractivity contribution is 0.0593. The predicted octanol–water partition coefficient (Wildman–Crippen LogP) is 1.63. The van der Waals surface area contributed by atoms with Crippen LogP contribution in [0.1, 0.15) is 17.9 Å². The Labute approximate surface area is 107 Å². The van der Waals surface area contributed by atoms with E-state index < -0.39 is 6.10 Å². The molecule has 0 aliphatic carbocycles. The predicted molar refractivity (Wildman–Crippen MR) is 70.1 cm³/mol. The van der Waals surface area contributed by atoms with Crippen molar-refractivity contribution in [3.63, 3.8) is 0 Å². The number of methoxy groups -OCH3 is 1. The molecule has 1 aromatic heterocycles. The zero-order chi connectivity index (χ0) is 12.5. The van der Waals surface area contributed by atoms with Crippen molar-refractivity contribution in [1.82, 2.24) is 5.32 Å². The third-order valence-corrected chi connectivity index (χ3v) is 2.89. The van der Waals surface area contributed by atoms with Gasteiger partial charge in [0.2, 0.25) is 0 Å². The fourth-order valence-electron chi connectivity index (χ4n) is 1.49. The number of aliphatic hydroxyl groups is 1. The average molecular weight is 259 g/mol. The second kappa shape index (κ2) is 8.58. The molecule has 0 bridgehead atoms. The van der Waals surface area contributed by atoms with Gasteiger partial charge in [0.25, 0.3) is 0 Å². The standard InChI is InChI=1S/C12H21NO3S/c1-15-8-10(14)5-6-13-7-11-3-4-12(16-11)9-17-2/h3-4,10,13-14H,5-9H2,1-2H3. The molecule has 98 valence electrons. The van der Waals surface area contributed by atoms with Gasteiger partial charge in [0.1, 0.15) is 11.5 Å². The number of furan rings is 1. The van der Waals surface area contributed by atoms with E-state index in [-0.39, 0.29) is 0 Å². The molecule has 2 N–H and O–H groups in total. The molecule has 0 aliphatic rings. The Morgan fingerprint density at radius 2 is 2.24 bits per heavy atom. The highest BCUT2D eigenvalue weighted by Gasteiger charge is 2.04. The Morgan fingerprint density at radius 1 is 1.47 bits per heavy atom. The number of nitrogens with one attached hydrogen (secondary N) is 1. The molecule has 0 amide bonds. The number of rotatable bonds is 9. The van der Waals surface area contributed by atoms with E-state index in [2.05, 4.69) is 11.6 Å². The molecule has 0 fully saturated rings. The molecule has 0 radical (unpaired) electrons. The summed E-state index contributed by atoms with van der Waals surface area (Å²) in [7, 11) is 1.59. The van der Waals surface area contributed by atoms with Crippen LogP contribution in [0.3, 0.4) is 0 Å². The van der Waals surface area contributed by atoms with Gasteiger partial charge >= 0.3 is 0 Å². The smallest absolute Gasteiger partial charge is 0.117 e. The van der Waals surface area contributed by atoms with Crippen molar-refractivity contribution < 1.29 is 14.3 Å². The summed E-state index contributed by atoms with van der Waals surface area (Å²) in [5, 5.41) is 12.7. The second-order valence-corrected chi connectivity index (χ2v) is 4.74. The van der Waals surface area contributed by atoms with E-state index in [1.807, 2.05) is 12.1 Å². The third-order valence-electron chi connectivity index (χ3n) is 2.32. The molecule has 1 aromatic rings. The van der Waals surface area contributed by atoms with Gasteiger partial charge in [-0.05, 0) is 31.4 Å². The minimum atomic E-state index is -0.392. The van der Waals surface area contributed by atoms with Gasteiger partial charge in [-0.1, -0.05) is 0 Å². The lowest BCUT2D eigenvalue weighted by atomic mass is 10.2. The Morgan fingerprint density at radius 3 is 2.94 bits per heavy atom. The molecular weight excluding hydrogens is 238 g/mol. The lowest BCUT2D eigenvalue weighted by Crippen LogP contribution is -2.22. The number of hydrogen-bond acceptors (Lipinski definition) is 5. The Balaban J connectivity index is 2.13. The topological polar surface area (TPSA) is 54.6 Å². The highest BCUT2D eigenvalue weighted by atomic mass is 32.2. The first-order valence-electron chi connectivity index (χ1n) is 5.70. The highest BCUT2D eigenvalue weighted by molar-refractivity contribution is 7.97. The Kier molecular flexibility index (Phi) is 7.35. The van der Waals surface area contributed by atoms with E-state index >= 15 is 0 Å². The largest absolute Gasteiger partial charge is 0.464 e. The van der Waals surface area contributed by atoms with Gasteiger partial charge < -0.3 is 19.6 Å². The summed E-state index contributed by atoms with van der Waals surface area (Å²) in [6.07, 6.45) is 2.35. The van der Waals surface area contributed by atoms with Crippen LogP contribution in [0.2, 0.25) is 0 Å². The van der Waals surface area contributed by atoms with Crippen LogP contribution in [0.25, 0.3) is 0 Å². The summed E-state index contributed by atoms with van der Waals surface area (Å²) in [6, 6.07) is 4.00. The summed E-state index contributed by atoms with van der Waals surface area (Å²) in [5.74, 6) is 2.86. The maximum absolute atomic E-state index is 9.43. The zero-order valence-electron chi connectivity index (χ0n) is 10.4. The van der Waals surface area contributed by atoms with Crippen molar-refractivity contribution in [2.75, 3.05) is 26.5 Å². The first-order valence-corrected chi connectivity index (χ1v) is 7.10. The number of aliphatic hydroxyl groups excluding tert-OH is 1. The van der Waals surface area contributed by atoms with E-state index in [0.717, 1.165) is 23.8 Å². The number of ether oxygens (including phenoxy) is 1. The molecule has 0 aromatic carbocycles. The van der Waals surface area contributed by atoms with E-state index in [0.29, 0.717) is 19.6 Å². The molecule has 1 rings (SSSR count). The van der Waals surface area contributed by atoms with Gasteiger partial charge in [-0.25, -0.2) is 0 Å². The van der Waals surface area contributed by atoms with Gasteiger partial charge in [0, 0.05) is 7.11 Å². The maximum Gasteiger partial charge on any atom is 0.117 e. The summed E-state index contributed by atoms with van der Waals surface area (Å²) in [6.45, 7) is 1.84. The van der Waals surface area contributed by atoms with Gasteiger partial charge in [-0.2, -0.15) is 11.8 Å². The van der Waals surface area contributed by atoms with Crippen LogP contribution in [-0.2, 0) is 17.0 Å². The normalized spacial score (nSPS) is 12.9. The minimum Gasteiger partial charge on any atom is -0.464 e. The molecule has 0 saturated carbocycles. The van der Waals surface area contributed by atoms with E-state index in [1.54, 1.807) is 18.9 Å². The number of hydrogen-bond donors (Lipinski definition) is 2. The third kappa shape index (κ3) is 6.12. The van der Waals surface area contributed by atoms with Crippen molar-refractivity contribution in [1.29, 1.82) is 0 Å². The fraction of sp³-hybridized carbons (Fsp3) is 0.667. The van der Waals surface area contributed by atoms with Crippen molar-refractivity contribution >= 4 is 11.8 Å². The first kappa shape index (κ1) is 14.6. The molecule has 5 heteroatoms. The minimum absolute atomic E-state index is 0.389. The molecule has 0 aliphatic heterocycles. The van der Waals surface area contributed by atoms with Crippen LogP contribution in [0.5, 0.6) is 0 Å². The second-order valence-electron chi connectivity index (χ2n) is 3.88. The molecule has 0 spiro atoms. The summed E-state index contributed by atoms with van der Waals surface area (Å²) < 4.78 is 10.5. The van der Waals surface area contributed by atoms with Crippen molar-refractivity contribution in [2.24, 2.45) is 0 Å². The van der Waals surface area contributed by atoms with Gasteiger partial charge in [-0.3, -0.25) is 0 Å². The fourth-order valence-corrected chi connectivity index (χ4v) is 1.93. The van der Waals surface area contributed by atoms with Crippen LogP contribution in [-0.4, -0.2) is 37.7 Å². The SMILES string of the molecule is COCC(O)CCNCc1ccc(CSC)o1. The zero-order valence-corrected chi connectivity index (χ0v) is 11.3. The first-order chi connectivity index (χ1) is 8.26. The van der Waals surface area contributed by atoms with Crippen LogP contribution in [0.15, 0.2) is 16.5 Å². The maximum atomic E-state index is 9.43. The van der Waals surface area contributed by atoms with Crippen LogP contribution in [0, 0.1) is 0 Å². The summed E-state index contributed by atoms with van der Waals surface area (Å²) in [5.41, 5.74) is 0. The number of thioether (sulfide) groups is 1. The van der Waals surface area contributed by atoms with E-state index in [4.69, 9.17) is 9.15 Å². The van der Waals surface area contributed by atoms with Crippen molar-refractivity contribution in [3.8, 4) is 0 Å². The average Bonchev–Trinajstić information content (AvgIpc) is 2.73. The van der Waals surface area contributed by atoms with Crippen LogP contribution < -0.4 is 5.32 Å². The molecule has 1 unspecified atom stereocenters. The highest BCUT2D eigenvalue weighted by Crippen LogP contribution is 2.13. The van der Waals surface area contributed by atoms with Gasteiger partial charge in [0.05, 0.1) is 25.0 Å². The molecule has 1 atom stereocenters. The lowest BCUT2D eigenvalue weighted by Gasteiger charge is -2.09. The Bertz CT molecular complexity index is 304. The van der Waals surface area contributed by atoms with Crippen LogP contribution in [0.4, 0.5) is 0 Å². The summed E-state index contributed by atoms with van der Waals surface area (Å²) >= 11 is 1.74. The molecular formula is C12H21NO3S. The van der Waals surface area contributed by atoms with Gasteiger partial charge in [0.15, 0.2) is 0 Å². The quantitative estimate of drug-likeness (QED) is 0.660. The van der Waals surface area contributed by atoms with E-state index in [1.165, 1.54) is 0 Å².